The molecular weight excluding hydrogens is 232 g/mol. The number of aromatic nitrogens is 2. The van der Waals surface area contributed by atoms with Crippen LogP contribution in [0, 0.1) is 11.3 Å². The van der Waals surface area contributed by atoms with Crippen molar-refractivity contribution in [3.05, 3.63) is 11.3 Å². The van der Waals surface area contributed by atoms with Gasteiger partial charge in [0.1, 0.15) is 17.5 Å². The van der Waals surface area contributed by atoms with Crippen molar-refractivity contribution in [3.63, 3.8) is 0 Å². The Morgan fingerprint density at radius 3 is 2.59 bits per heavy atom. The Morgan fingerprint density at radius 2 is 2.00 bits per heavy atom. The number of nitrogens with two attached hydrogens (primary N) is 1. The Kier molecular flexibility index (Phi) is 3.85. The van der Waals surface area contributed by atoms with Crippen LogP contribution in [0.3, 0.4) is 0 Å². The Labute approximate surface area is 106 Å². The van der Waals surface area contributed by atoms with Crippen molar-refractivity contribution in [2.45, 2.75) is 43.2 Å². The first kappa shape index (κ1) is 12.2. The number of nitrogens with zero attached hydrogens (tertiary/aromatic N) is 3. The molecule has 1 aromatic heterocycles. The van der Waals surface area contributed by atoms with Crippen LogP contribution >= 0.6 is 11.8 Å². The lowest BCUT2D eigenvalue weighted by Gasteiger charge is -2.22. The SMILES string of the molecule is CSc1nc(N)c(C#N)c(C2CCCCC2)n1. The van der Waals surface area contributed by atoms with E-state index in [1.807, 2.05) is 6.26 Å². The van der Waals surface area contributed by atoms with Crippen molar-refractivity contribution in [1.29, 1.82) is 5.26 Å². The number of hydrogen-bond donors (Lipinski definition) is 1. The zero-order valence-corrected chi connectivity index (χ0v) is 10.8. The van der Waals surface area contributed by atoms with E-state index in [1.54, 1.807) is 0 Å². The summed E-state index contributed by atoms with van der Waals surface area (Å²) in [4.78, 5) is 8.62. The maximum absolute atomic E-state index is 9.18. The zero-order valence-electron chi connectivity index (χ0n) is 9.94. The van der Waals surface area contributed by atoms with Gasteiger partial charge in [0.2, 0.25) is 0 Å². The van der Waals surface area contributed by atoms with Gasteiger partial charge in [-0.05, 0) is 19.1 Å². The van der Waals surface area contributed by atoms with Gasteiger partial charge in [-0.2, -0.15) is 5.26 Å². The molecule has 1 fully saturated rings. The fourth-order valence-electron chi connectivity index (χ4n) is 2.35. The molecule has 2 rings (SSSR count). The average Bonchev–Trinajstić information content (AvgIpc) is 2.38. The van der Waals surface area contributed by atoms with Crippen molar-refractivity contribution in [3.8, 4) is 6.07 Å². The molecule has 0 atom stereocenters. The predicted octanol–water partition coefficient (Wildman–Crippen LogP) is 2.70. The van der Waals surface area contributed by atoms with Gasteiger partial charge < -0.3 is 5.73 Å². The van der Waals surface area contributed by atoms with Crippen molar-refractivity contribution < 1.29 is 0 Å². The second-order valence-electron chi connectivity index (χ2n) is 4.30. The highest BCUT2D eigenvalue weighted by molar-refractivity contribution is 7.98. The number of nitrogen functional groups attached to an aromatic ring is 1. The highest BCUT2D eigenvalue weighted by atomic mass is 32.2. The fraction of sp³-hybridized carbons (Fsp3) is 0.583. The molecule has 0 aliphatic heterocycles. The first-order valence-electron chi connectivity index (χ1n) is 5.87. The lowest BCUT2D eigenvalue weighted by Crippen LogP contribution is -2.12. The van der Waals surface area contributed by atoms with E-state index in [0.29, 0.717) is 22.5 Å². The molecule has 0 bridgehead atoms. The van der Waals surface area contributed by atoms with Crippen LogP contribution in [0.5, 0.6) is 0 Å². The van der Waals surface area contributed by atoms with E-state index in [1.165, 1.54) is 31.0 Å². The number of nitriles is 1. The molecule has 4 nitrogen and oxygen atoms in total. The molecule has 0 spiro atoms. The summed E-state index contributed by atoms with van der Waals surface area (Å²) in [6.45, 7) is 0. The van der Waals surface area contributed by atoms with Gasteiger partial charge in [0.25, 0.3) is 0 Å². The van der Waals surface area contributed by atoms with E-state index in [0.717, 1.165) is 18.5 Å². The van der Waals surface area contributed by atoms with Gasteiger partial charge >= 0.3 is 0 Å². The topological polar surface area (TPSA) is 75.6 Å². The summed E-state index contributed by atoms with van der Waals surface area (Å²) >= 11 is 1.47. The maximum atomic E-state index is 9.18. The molecule has 0 radical (unpaired) electrons. The Hall–Kier alpha value is -1.28. The maximum Gasteiger partial charge on any atom is 0.189 e. The Morgan fingerprint density at radius 1 is 1.29 bits per heavy atom. The third-order valence-electron chi connectivity index (χ3n) is 3.23. The highest BCUT2D eigenvalue weighted by Crippen LogP contribution is 2.34. The smallest absolute Gasteiger partial charge is 0.189 e. The van der Waals surface area contributed by atoms with Gasteiger partial charge in [0.15, 0.2) is 5.16 Å². The summed E-state index contributed by atoms with van der Waals surface area (Å²) in [6, 6.07) is 2.15. The molecule has 1 heterocycles. The Bertz CT molecular complexity index is 447. The molecule has 1 aliphatic carbocycles. The van der Waals surface area contributed by atoms with Crippen LogP contribution in [-0.4, -0.2) is 16.2 Å². The second-order valence-corrected chi connectivity index (χ2v) is 5.08. The largest absolute Gasteiger partial charge is 0.382 e. The van der Waals surface area contributed by atoms with E-state index in [-0.39, 0.29) is 0 Å². The lowest BCUT2D eigenvalue weighted by atomic mass is 9.85. The van der Waals surface area contributed by atoms with Crippen molar-refractivity contribution in [2.24, 2.45) is 0 Å². The first-order chi connectivity index (χ1) is 8.26. The zero-order chi connectivity index (χ0) is 12.3. The minimum atomic E-state index is 0.326. The van der Waals surface area contributed by atoms with Crippen LogP contribution < -0.4 is 5.73 Å². The quantitative estimate of drug-likeness (QED) is 0.643. The van der Waals surface area contributed by atoms with Crippen LogP contribution in [0.1, 0.15) is 49.3 Å². The lowest BCUT2D eigenvalue weighted by molar-refractivity contribution is 0.433. The van der Waals surface area contributed by atoms with Gasteiger partial charge in [-0.1, -0.05) is 31.0 Å². The third kappa shape index (κ3) is 2.52. The first-order valence-corrected chi connectivity index (χ1v) is 7.10. The molecular formula is C12H16N4S. The molecule has 17 heavy (non-hydrogen) atoms. The standard InChI is InChI=1S/C12H16N4S/c1-17-12-15-10(8-5-3-2-4-6-8)9(7-13)11(14)16-12/h8H,2-6H2,1H3,(H2,14,15,16). The summed E-state index contributed by atoms with van der Waals surface area (Å²) < 4.78 is 0. The van der Waals surface area contributed by atoms with Gasteiger partial charge in [-0.3, -0.25) is 0 Å². The summed E-state index contributed by atoms with van der Waals surface area (Å²) in [6.07, 6.45) is 7.86. The number of anilines is 1. The van der Waals surface area contributed by atoms with Crippen LogP contribution in [0.4, 0.5) is 5.82 Å². The number of rotatable bonds is 2. The van der Waals surface area contributed by atoms with E-state index < -0.39 is 0 Å². The van der Waals surface area contributed by atoms with Crippen molar-refractivity contribution in [2.75, 3.05) is 12.0 Å². The highest BCUT2D eigenvalue weighted by Gasteiger charge is 2.22. The normalized spacial score (nSPS) is 16.7. The van der Waals surface area contributed by atoms with Crippen molar-refractivity contribution >= 4 is 17.6 Å². The Balaban J connectivity index is 2.42. The monoisotopic (exact) mass is 248 g/mol. The molecule has 0 amide bonds. The van der Waals surface area contributed by atoms with Crippen LogP contribution in [0.15, 0.2) is 5.16 Å². The van der Waals surface area contributed by atoms with Crippen LogP contribution in [0.25, 0.3) is 0 Å². The fourth-order valence-corrected chi connectivity index (χ4v) is 2.73. The summed E-state index contributed by atoms with van der Waals surface area (Å²) in [5.74, 6) is 0.710. The van der Waals surface area contributed by atoms with E-state index in [2.05, 4.69) is 16.0 Å². The molecule has 1 saturated carbocycles. The van der Waals surface area contributed by atoms with Gasteiger partial charge in [0.05, 0.1) is 5.69 Å². The van der Waals surface area contributed by atoms with Gasteiger partial charge in [-0.25, -0.2) is 9.97 Å². The molecule has 0 aromatic carbocycles. The summed E-state index contributed by atoms with van der Waals surface area (Å²) in [5, 5.41) is 9.85. The molecule has 2 N–H and O–H groups in total. The van der Waals surface area contributed by atoms with Crippen molar-refractivity contribution in [1.82, 2.24) is 9.97 Å². The minimum Gasteiger partial charge on any atom is -0.382 e. The average molecular weight is 248 g/mol. The predicted molar refractivity (Wildman–Crippen MR) is 68.8 cm³/mol. The molecule has 5 heteroatoms. The second kappa shape index (κ2) is 5.37. The summed E-state index contributed by atoms with van der Waals surface area (Å²) in [7, 11) is 0. The molecule has 0 unspecified atom stereocenters. The van der Waals surface area contributed by atoms with E-state index >= 15 is 0 Å². The third-order valence-corrected chi connectivity index (χ3v) is 3.78. The van der Waals surface area contributed by atoms with Crippen LogP contribution in [0.2, 0.25) is 0 Å². The van der Waals surface area contributed by atoms with E-state index in [4.69, 9.17) is 5.73 Å². The van der Waals surface area contributed by atoms with E-state index in [9.17, 15) is 5.26 Å². The van der Waals surface area contributed by atoms with Crippen LogP contribution in [-0.2, 0) is 0 Å². The summed E-state index contributed by atoms with van der Waals surface area (Å²) in [5.41, 5.74) is 7.17. The number of thioether (sulfide) groups is 1. The minimum absolute atomic E-state index is 0.326. The molecule has 1 aromatic rings. The molecule has 1 aliphatic rings. The number of hydrogen-bond acceptors (Lipinski definition) is 5. The van der Waals surface area contributed by atoms with Gasteiger partial charge in [0, 0.05) is 5.92 Å². The van der Waals surface area contributed by atoms with Gasteiger partial charge in [-0.15, -0.1) is 0 Å². The molecule has 90 valence electrons. The molecule has 0 saturated heterocycles.